The highest BCUT2D eigenvalue weighted by atomic mass is 79.9. The summed E-state index contributed by atoms with van der Waals surface area (Å²) in [6, 6.07) is 1.89. The highest BCUT2D eigenvalue weighted by molar-refractivity contribution is 9.10. The summed E-state index contributed by atoms with van der Waals surface area (Å²) >= 11 is 3.40. The van der Waals surface area contributed by atoms with Gasteiger partial charge in [0.2, 0.25) is 5.91 Å². The van der Waals surface area contributed by atoms with E-state index < -0.39 is 11.8 Å². The fourth-order valence-electron chi connectivity index (χ4n) is 1.55. The van der Waals surface area contributed by atoms with E-state index in [-0.39, 0.29) is 0 Å². The van der Waals surface area contributed by atoms with E-state index in [9.17, 15) is 4.79 Å². The lowest BCUT2D eigenvalue weighted by Gasteiger charge is -2.09. The topological polar surface area (TPSA) is 82.0 Å². The molecule has 0 aliphatic carbocycles. The van der Waals surface area contributed by atoms with Crippen LogP contribution < -0.4 is 5.73 Å². The van der Waals surface area contributed by atoms with Crippen LogP contribution in [0.25, 0.3) is 0 Å². The maximum Gasteiger partial charge on any atom is 0.226 e. The lowest BCUT2D eigenvalue weighted by Crippen LogP contribution is -2.20. The molecule has 1 atom stereocenters. The predicted molar refractivity (Wildman–Crippen MR) is 68.9 cm³/mol. The average molecular weight is 310 g/mol. The number of carbonyl (C=O) groups excluding carboxylic acids is 1. The van der Waals surface area contributed by atoms with Crippen molar-refractivity contribution >= 4 is 21.8 Å². The van der Waals surface area contributed by atoms with Gasteiger partial charge in [-0.2, -0.15) is 0 Å². The number of aromatic nitrogens is 2. The lowest BCUT2D eigenvalue weighted by atomic mass is 10.1. The molecule has 2 N–H and O–H groups in total. The van der Waals surface area contributed by atoms with Gasteiger partial charge in [0.15, 0.2) is 5.89 Å². The van der Waals surface area contributed by atoms with Gasteiger partial charge >= 0.3 is 0 Å². The van der Waals surface area contributed by atoms with Gasteiger partial charge < -0.3 is 10.2 Å². The fraction of sp³-hybridized carbons (Fsp3) is 0.250. The fourth-order valence-corrected chi connectivity index (χ4v) is 2.29. The van der Waals surface area contributed by atoms with E-state index in [2.05, 4.69) is 25.9 Å². The standard InChI is InChI=1S/C12H12BrN3O2/c1-7(12(14)17)11-9(13)4-8(6-16-11)5-10-15-2-3-18-10/h2-4,6-7H,5H2,1H3,(H2,14,17). The summed E-state index contributed by atoms with van der Waals surface area (Å²) in [6.07, 6.45) is 5.39. The van der Waals surface area contributed by atoms with Crippen LogP contribution in [0, 0.1) is 0 Å². The largest absolute Gasteiger partial charge is 0.449 e. The first-order valence-corrected chi connectivity index (χ1v) is 6.19. The van der Waals surface area contributed by atoms with E-state index in [1.54, 1.807) is 19.3 Å². The molecule has 2 heterocycles. The Morgan fingerprint density at radius 3 is 2.89 bits per heavy atom. The van der Waals surface area contributed by atoms with E-state index in [4.69, 9.17) is 10.2 Å². The average Bonchev–Trinajstić information content (AvgIpc) is 2.81. The molecule has 0 aliphatic heterocycles. The third-order valence-corrected chi connectivity index (χ3v) is 3.24. The number of carbonyl (C=O) groups is 1. The number of primary amides is 1. The van der Waals surface area contributed by atoms with Crippen LogP contribution in [-0.2, 0) is 11.2 Å². The molecule has 0 aliphatic rings. The maximum absolute atomic E-state index is 11.1. The molecule has 0 saturated carbocycles. The molecule has 1 unspecified atom stereocenters. The van der Waals surface area contributed by atoms with E-state index in [0.717, 1.165) is 10.0 Å². The van der Waals surface area contributed by atoms with Crippen LogP contribution in [0.5, 0.6) is 0 Å². The molecule has 0 radical (unpaired) electrons. The van der Waals surface area contributed by atoms with Gasteiger partial charge in [0.1, 0.15) is 6.26 Å². The zero-order valence-electron chi connectivity index (χ0n) is 9.76. The zero-order valence-corrected chi connectivity index (χ0v) is 11.3. The Balaban J connectivity index is 2.22. The Hall–Kier alpha value is -1.69. The quantitative estimate of drug-likeness (QED) is 0.936. The van der Waals surface area contributed by atoms with E-state index in [0.29, 0.717) is 18.0 Å². The second-order valence-electron chi connectivity index (χ2n) is 3.94. The Morgan fingerprint density at radius 1 is 1.56 bits per heavy atom. The Morgan fingerprint density at radius 2 is 2.33 bits per heavy atom. The monoisotopic (exact) mass is 309 g/mol. The molecule has 0 saturated heterocycles. The van der Waals surface area contributed by atoms with Crippen LogP contribution in [0.1, 0.15) is 30.0 Å². The number of nitrogens with two attached hydrogens (primary N) is 1. The molecular formula is C12H12BrN3O2. The van der Waals surface area contributed by atoms with E-state index >= 15 is 0 Å². The number of hydrogen-bond acceptors (Lipinski definition) is 4. The smallest absolute Gasteiger partial charge is 0.226 e. The van der Waals surface area contributed by atoms with Crippen molar-refractivity contribution in [1.82, 2.24) is 9.97 Å². The first kappa shape index (κ1) is 12.8. The molecule has 2 aromatic rings. The van der Waals surface area contributed by atoms with Crippen LogP contribution >= 0.6 is 15.9 Å². The normalized spacial score (nSPS) is 12.3. The second-order valence-corrected chi connectivity index (χ2v) is 4.79. The molecule has 18 heavy (non-hydrogen) atoms. The van der Waals surface area contributed by atoms with Crippen LogP contribution in [0.15, 0.2) is 33.6 Å². The zero-order chi connectivity index (χ0) is 13.1. The van der Waals surface area contributed by atoms with Crippen molar-refractivity contribution in [3.63, 3.8) is 0 Å². The number of halogens is 1. The minimum Gasteiger partial charge on any atom is -0.449 e. The summed E-state index contributed by atoms with van der Waals surface area (Å²) in [7, 11) is 0. The molecule has 5 nitrogen and oxygen atoms in total. The van der Waals surface area contributed by atoms with Crippen LogP contribution in [0.3, 0.4) is 0 Å². The summed E-state index contributed by atoms with van der Waals surface area (Å²) in [5, 5.41) is 0. The van der Waals surface area contributed by atoms with Crippen molar-refractivity contribution < 1.29 is 9.21 Å². The first-order chi connectivity index (χ1) is 8.58. The van der Waals surface area contributed by atoms with E-state index in [1.165, 1.54) is 6.26 Å². The lowest BCUT2D eigenvalue weighted by molar-refractivity contribution is -0.119. The first-order valence-electron chi connectivity index (χ1n) is 5.40. The Kier molecular flexibility index (Phi) is 3.76. The molecule has 2 rings (SSSR count). The molecule has 0 bridgehead atoms. The number of hydrogen-bond donors (Lipinski definition) is 1. The summed E-state index contributed by atoms with van der Waals surface area (Å²) in [4.78, 5) is 19.4. The van der Waals surface area contributed by atoms with Gasteiger partial charge in [-0.25, -0.2) is 4.98 Å². The van der Waals surface area contributed by atoms with Gasteiger partial charge in [0.25, 0.3) is 0 Å². The summed E-state index contributed by atoms with van der Waals surface area (Å²) < 4.78 is 5.93. The SMILES string of the molecule is CC(C(N)=O)c1ncc(Cc2ncco2)cc1Br. The number of nitrogens with zero attached hydrogens (tertiary/aromatic N) is 2. The molecule has 2 aromatic heterocycles. The van der Waals surface area contributed by atoms with Crippen molar-refractivity contribution in [2.45, 2.75) is 19.3 Å². The van der Waals surface area contributed by atoms with Crippen LogP contribution in [0.2, 0.25) is 0 Å². The maximum atomic E-state index is 11.1. The summed E-state index contributed by atoms with van der Waals surface area (Å²) in [5.41, 5.74) is 6.85. The third kappa shape index (κ3) is 2.76. The van der Waals surface area contributed by atoms with Crippen LogP contribution in [0.4, 0.5) is 0 Å². The predicted octanol–water partition coefficient (Wildman–Crippen LogP) is 2.01. The number of amides is 1. The molecule has 0 spiro atoms. The Labute approximate surface area is 113 Å². The van der Waals surface area contributed by atoms with Gasteiger partial charge in [-0.05, 0) is 34.5 Å². The molecule has 6 heteroatoms. The Bertz CT molecular complexity index is 554. The van der Waals surface area contributed by atoms with Gasteiger partial charge in [-0.3, -0.25) is 9.78 Å². The summed E-state index contributed by atoms with van der Waals surface area (Å²) in [5.74, 6) is -0.196. The van der Waals surface area contributed by atoms with Crippen LogP contribution in [-0.4, -0.2) is 15.9 Å². The molecule has 1 amide bonds. The van der Waals surface area contributed by atoms with Gasteiger partial charge in [-0.1, -0.05) is 0 Å². The molecule has 0 aromatic carbocycles. The van der Waals surface area contributed by atoms with E-state index in [1.807, 2.05) is 6.07 Å². The third-order valence-electron chi connectivity index (χ3n) is 2.60. The summed E-state index contributed by atoms with van der Waals surface area (Å²) in [6.45, 7) is 1.73. The highest BCUT2D eigenvalue weighted by Gasteiger charge is 2.17. The number of rotatable bonds is 4. The number of oxazole rings is 1. The van der Waals surface area contributed by atoms with Crippen molar-refractivity contribution in [3.05, 3.63) is 46.3 Å². The molecular weight excluding hydrogens is 298 g/mol. The minimum absolute atomic E-state index is 0.399. The molecule has 0 fully saturated rings. The van der Waals surface area contributed by atoms with Crippen molar-refractivity contribution in [2.75, 3.05) is 0 Å². The van der Waals surface area contributed by atoms with Crippen molar-refractivity contribution in [3.8, 4) is 0 Å². The van der Waals surface area contributed by atoms with Gasteiger partial charge in [0, 0.05) is 10.7 Å². The molecule has 94 valence electrons. The highest BCUT2D eigenvalue weighted by Crippen LogP contribution is 2.24. The van der Waals surface area contributed by atoms with Gasteiger partial charge in [0.05, 0.1) is 24.2 Å². The van der Waals surface area contributed by atoms with Gasteiger partial charge in [-0.15, -0.1) is 0 Å². The van der Waals surface area contributed by atoms with Crippen molar-refractivity contribution in [2.24, 2.45) is 5.73 Å². The second kappa shape index (κ2) is 5.30. The number of pyridine rings is 1. The van der Waals surface area contributed by atoms with Crippen molar-refractivity contribution in [1.29, 1.82) is 0 Å². The minimum atomic E-state index is -0.421.